The molecule has 0 heterocycles. The number of ether oxygens (including phenoxy) is 1. The van der Waals surface area contributed by atoms with Crippen molar-refractivity contribution in [2.24, 2.45) is 0 Å². The van der Waals surface area contributed by atoms with Crippen LogP contribution < -0.4 is 14.4 Å². The summed E-state index contributed by atoms with van der Waals surface area (Å²) in [5, 5.41) is 2.28. The maximum absolute atomic E-state index is 12.8. The van der Waals surface area contributed by atoms with Crippen LogP contribution in [0.25, 0.3) is 0 Å². The number of nitrogens with one attached hydrogen (secondary N) is 1. The van der Waals surface area contributed by atoms with Gasteiger partial charge in [0.2, 0.25) is 15.9 Å². The number of benzene rings is 2. The molecule has 1 amide bonds. The van der Waals surface area contributed by atoms with Crippen LogP contribution in [-0.2, 0) is 21.0 Å². The third kappa shape index (κ3) is 5.61. The fraction of sp³-hybridized carbons (Fsp3) is 0.235. The molecule has 0 atom stereocenters. The van der Waals surface area contributed by atoms with Crippen LogP contribution in [0.15, 0.2) is 48.5 Å². The summed E-state index contributed by atoms with van der Waals surface area (Å²) in [5.74, 6) is -0.401. The van der Waals surface area contributed by atoms with E-state index < -0.39 is 34.2 Å². The molecule has 0 saturated carbocycles. The lowest BCUT2D eigenvalue weighted by molar-refractivity contribution is -0.137. The van der Waals surface area contributed by atoms with Crippen LogP contribution >= 0.6 is 0 Å². The summed E-state index contributed by atoms with van der Waals surface area (Å²) in [6.45, 7) is -0.609. The Hall–Kier alpha value is -2.75. The molecule has 0 aliphatic carbocycles. The minimum atomic E-state index is -4.56. The number of carbonyl (C=O) groups excluding carboxylic acids is 1. The van der Waals surface area contributed by atoms with E-state index >= 15 is 0 Å². The van der Waals surface area contributed by atoms with Crippen molar-refractivity contribution < 1.29 is 31.1 Å². The number of hydrogen-bond acceptors (Lipinski definition) is 4. The van der Waals surface area contributed by atoms with Gasteiger partial charge in [-0.1, -0.05) is 12.1 Å². The topological polar surface area (TPSA) is 75.7 Å². The van der Waals surface area contributed by atoms with Crippen molar-refractivity contribution in [1.82, 2.24) is 0 Å². The van der Waals surface area contributed by atoms with E-state index in [1.54, 1.807) is 12.1 Å². The van der Waals surface area contributed by atoms with Crippen molar-refractivity contribution in [3.8, 4) is 5.75 Å². The average Bonchev–Trinajstić information content (AvgIpc) is 2.58. The second kappa shape index (κ2) is 7.87. The highest BCUT2D eigenvalue weighted by Crippen LogP contribution is 2.30. The van der Waals surface area contributed by atoms with E-state index in [1.807, 2.05) is 0 Å². The molecule has 146 valence electrons. The van der Waals surface area contributed by atoms with Gasteiger partial charge in [-0.3, -0.25) is 9.10 Å². The number of halogens is 3. The third-order valence-electron chi connectivity index (χ3n) is 3.50. The predicted molar refractivity (Wildman–Crippen MR) is 95.3 cm³/mol. The molecule has 0 unspecified atom stereocenters. The summed E-state index contributed by atoms with van der Waals surface area (Å²) in [4.78, 5) is 12.2. The summed E-state index contributed by atoms with van der Waals surface area (Å²) in [5.41, 5.74) is -0.821. The van der Waals surface area contributed by atoms with Crippen LogP contribution in [0.5, 0.6) is 5.75 Å². The zero-order valence-electron chi connectivity index (χ0n) is 14.4. The minimum absolute atomic E-state index is 0.0890. The van der Waals surface area contributed by atoms with Crippen LogP contribution in [0, 0.1) is 0 Å². The number of amides is 1. The van der Waals surface area contributed by atoms with Crippen LogP contribution in [-0.4, -0.2) is 34.2 Å². The Morgan fingerprint density at radius 1 is 1.15 bits per heavy atom. The molecule has 0 bridgehead atoms. The number of carbonyl (C=O) groups is 1. The number of anilines is 2. The normalized spacial score (nSPS) is 11.7. The minimum Gasteiger partial charge on any atom is -0.497 e. The summed E-state index contributed by atoms with van der Waals surface area (Å²) in [7, 11) is -2.42. The fourth-order valence-corrected chi connectivity index (χ4v) is 3.12. The van der Waals surface area contributed by atoms with E-state index in [2.05, 4.69) is 5.32 Å². The Morgan fingerprint density at radius 3 is 2.41 bits per heavy atom. The average molecular weight is 402 g/mol. The lowest BCUT2D eigenvalue weighted by atomic mass is 10.2. The summed E-state index contributed by atoms with van der Waals surface area (Å²) < 4.78 is 68.2. The highest BCUT2D eigenvalue weighted by atomic mass is 32.2. The van der Waals surface area contributed by atoms with Gasteiger partial charge in [0.1, 0.15) is 12.3 Å². The van der Waals surface area contributed by atoms with Crippen molar-refractivity contribution in [3.05, 3.63) is 54.1 Å². The van der Waals surface area contributed by atoms with Gasteiger partial charge in [0, 0.05) is 11.8 Å². The number of nitrogens with zero attached hydrogens (tertiary/aromatic N) is 1. The molecule has 2 aromatic carbocycles. The molecule has 0 aliphatic rings. The molecule has 0 radical (unpaired) electrons. The fourth-order valence-electron chi connectivity index (χ4n) is 2.27. The van der Waals surface area contributed by atoms with Gasteiger partial charge in [0.15, 0.2) is 0 Å². The molecule has 0 spiro atoms. The predicted octanol–water partition coefficient (Wildman–Crippen LogP) is 3.12. The molecule has 10 heteroatoms. The molecular formula is C17H17F3N2O4S. The zero-order valence-corrected chi connectivity index (χ0v) is 15.3. The quantitative estimate of drug-likeness (QED) is 0.806. The molecule has 0 fully saturated rings. The highest BCUT2D eigenvalue weighted by molar-refractivity contribution is 7.92. The maximum atomic E-state index is 12.8. The Kier molecular flexibility index (Phi) is 5.99. The van der Waals surface area contributed by atoms with Gasteiger partial charge >= 0.3 is 6.18 Å². The van der Waals surface area contributed by atoms with Gasteiger partial charge in [0.25, 0.3) is 0 Å². The van der Waals surface area contributed by atoms with E-state index in [0.29, 0.717) is 5.75 Å². The Balaban J connectivity index is 2.22. The van der Waals surface area contributed by atoms with Crippen molar-refractivity contribution in [2.75, 3.05) is 29.5 Å². The smallest absolute Gasteiger partial charge is 0.416 e. The van der Waals surface area contributed by atoms with Crippen LogP contribution in [0.2, 0.25) is 0 Å². The van der Waals surface area contributed by atoms with Gasteiger partial charge in [-0.05, 0) is 30.3 Å². The van der Waals surface area contributed by atoms with Gasteiger partial charge in [-0.25, -0.2) is 8.42 Å². The first kappa shape index (κ1) is 20.6. The van der Waals surface area contributed by atoms with Crippen LogP contribution in [0.3, 0.4) is 0 Å². The molecule has 2 aromatic rings. The molecule has 6 nitrogen and oxygen atoms in total. The molecular weight excluding hydrogens is 385 g/mol. The lowest BCUT2D eigenvalue weighted by Gasteiger charge is -2.22. The van der Waals surface area contributed by atoms with Crippen LogP contribution in [0.1, 0.15) is 5.56 Å². The molecule has 2 rings (SSSR count). The van der Waals surface area contributed by atoms with Gasteiger partial charge in [-0.15, -0.1) is 0 Å². The highest BCUT2D eigenvalue weighted by Gasteiger charge is 2.30. The first-order chi connectivity index (χ1) is 12.5. The molecule has 27 heavy (non-hydrogen) atoms. The summed E-state index contributed by atoms with van der Waals surface area (Å²) >= 11 is 0. The number of alkyl halides is 3. The first-order valence-electron chi connectivity index (χ1n) is 7.59. The number of hydrogen-bond donors (Lipinski definition) is 1. The Labute approximate surface area is 154 Å². The van der Waals surface area contributed by atoms with E-state index in [9.17, 15) is 26.4 Å². The SMILES string of the molecule is COc1cccc(N(CC(=O)Nc2cccc(C(F)(F)F)c2)S(C)(=O)=O)c1. The van der Waals surface area contributed by atoms with Gasteiger partial charge < -0.3 is 10.1 Å². The van der Waals surface area contributed by atoms with E-state index in [4.69, 9.17) is 4.74 Å². The molecule has 1 N–H and O–H groups in total. The van der Waals surface area contributed by atoms with E-state index in [0.717, 1.165) is 28.8 Å². The molecule has 0 aromatic heterocycles. The molecule has 0 aliphatic heterocycles. The van der Waals surface area contributed by atoms with E-state index in [1.165, 1.54) is 25.3 Å². The summed E-state index contributed by atoms with van der Waals surface area (Å²) in [6.07, 6.45) is -3.63. The standard InChI is InChI=1S/C17H17F3N2O4S/c1-26-15-8-4-7-14(10-15)22(27(2,24)25)11-16(23)21-13-6-3-5-12(9-13)17(18,19)20/h3-10H,11H2,1-2H3,(H,21,23). The maximum Gasteiger partial charge on any atom is 0.416 e. The third-order valence-corrected chi connectivity index (χ3v) is 4.64. The van der Waals surface area contributed by atoms with Gasteiger partial charge in [-0.2, -0.15) is 13.2 Å². The number of rotatable bonds is 6. The van der Waals surface area contributed by atoms with Gasteiger partial charge in [0.05, 0.1) is 24.6 Å². The Bertz CT molecular complexity index is 930. The van der Waals surface area contributed by atoms with Crippen molar-refractivity contribution >= 4 is 27.3 Å². The Morgan fingerprint density at radius 2 is 1.81 bits per heavy atom. The monoisotopic (exact) mass is 402 g/mol. The van der Waals surface area contributed by atoms with Crippen molar-refractivity contribution in [3.63, 3.8) is 0 Å². The number of methoxy groups -OCH3 is 1. The first-order valence-corrected chi connectivity index (χ1v) is 9.44. The largest absolute Gasteiger partial charge is 0.497 e. The summed E-state index contributed by atoms with van der Waals surface area (Å²) in [6, 6.07) is 10.1. The second-order valence-corrected chi connectivity index (χ2v) is 7.50. The second-order valence-electron chi connectivity index (χ2n) is 5.60. The number of sulfonamides is 1. The zero-order chi connectivity index (χ0) is 20.2. The van der Waals surface area contributed by atoms with Crippen molar-refractivity contribution in [2.45, 2.75) is 6.18 Å². The van der Waals surface area contributed by atoms with E-state index in [-0.39, 0.29) is 11.4 Å². The molecule has 0 saturated heterocycles. The lowest BCUT2D eigenvalue weighted by Crippen LogP contribution is -2.37. The van der Waals surface area contributed by atoms with Crippen LogP contribution in [0.4, 0.5) is 24.5 Å². The van der Waals surface area contributed by atoms with Crippen molar-refractivity contribution in [1.29, 1.82) is 0 Å².